The molecular formula is C21H20N4O5. The van der Waals surface area contributed by atoms with E-state index in [0.29, 0.717) is 16.5 Å². The highest BCUT2D eigenvalue weighted by Gasteiger charge is 2.25. The molecule has 1 aromatic carbocycles. The van der Waals surface area contributed by atoms with Gasteiger partial charge in [-0.05, 0) is 30.9 Å². The number of esters is 1. The molecule has 30 heavy (non-hydrogen) atoms. The first kappa shape index (κ1) is 19.6. The number of para-hydroxylation sites is 1. The minimum Gasteiger partial charge on any atom is -0.452 e. The van der Waals surface area contributed by atoms with Gasteiger partial charge >= 0.3 is 11.7 Å². The van der Waals surface area contributed by atoms with E-state index in [0.717, 1.165) is 45.7 Å². The summed E-state index contributed by atoms with van der Waals surface area (Å²) in [6, 6.07) is 8.46. The van der Waals surface area contributed by atoms with E-state index in [2.05, 4.69) is 10.3 Å². The van der Waals surface area contributed by atoms with Gasteiger partial charge in [-0.2, -0.15) is 0 Å². The van der Waals surface area contributed by atoms with E-state index in [9.17, 15) is 19.2 Å². The molecule has 0 aliphatic heterocycles. The number of hydrogen-bond acceptors (Lipinski definition) is 6. The first-order valence-electron chi connectivity index (χ1n) is 9.51. The third-order valence-electron chi connectivity index (χ3n) is 5.25. The summed E-state index contributed by atoms with van der Waals surface area (Å²) in [6.07, 6.45) is 2.45. The van der Waals surface area contributed by atoms with Crippen LogP contribution in [-0.2, 0) is 36.5 Å². The number of nitrogens with zero attached hydrogens (tertiary/aromatic N) is 3. The Morgan fingerprint density at radius 1 is 1.13 bits per heavy atom. The fraction of sp³-hybridized carbons (Fsp3) is 0.286. The Hall–Kier alpha value is -3.75. The monoisotopic (exact) mass is 408 g/mol. The Kier molecular flexibility index (Phi) is 4.94. The third-order valence-corrected chi connectivity index (χ3v) is 5.25. The van der Waals surface area contributed by atoms with Crippen LogP contribution in [0.5, 0.6) is 0 Å². The fourth-order valence-electron chi connectivity index (χ4n) is 3.68. The van der Waals surface area contributed by atoms with E-state index >= 15 is 0 Å². The molecule has 1 aliphatic rings. The topological polar surface area (TPSA) is 112 Å². The summed E-state index contributed by atoms with van der Waals surface area (Å²) in [5.74, 6) is -1.22. The number of carbonyl (C=O) groups excluding carboxylic acids is 2. The molecule has 2 heterocycles. The van der Waals surface area contributed by atoms with Crippen LogP contribution < -0.4 is 16.6 Å². The number of benzene rings is 1. The average molecular weight is 408 g/mol. The SMILES string of the molecule is Cn1c(NC(=O)COC(=O)c2c3c(nc4ccccc24)CCC3)cc(=O)n(C)c1=O. The summed E-state index contributed by atoms with van der Waals surface area (Å²) in [6.45, 7) is -0.548. The van der Waals surface area contributed by atoms with Crippen molar-refractivity contribution in [3.63, 3.8) is 0 Å². The number of hydrogen-bond donors (Lipinski definition) is 1. The Balaban J connectivity index is 1.55. The van der Waals surface area contributed by atoms with E-state index in [1.807, 2.05) is 24.3 Å². The minimum absolute atomic E-state index is 0.0272. The molecule has 3 aromatic rings. The van der Waals surface area contributed by atoms with Gasteiger partial charge in [-0.15, -0.1) is 0 Å². The number of amides is 1. The lowest BCUT2D eigenvalue weighted by Gasteiger charge is -2.13. The van der Waals surface area contributed by atoms with Gasteiger partial charge in [0.2, 0.25) is 0 Å². The smallest absolute Gasteiger partial charge is 0.339 e. The molecule has 0 saturated heterocycles. The molecule has 0 unspecified atom stereocenters. The van der Waals surface area contributed by atoms with Crippen LogP contribution in [0.4, 0.5) is 5.82 Å². The second-order valence-corrected chi connectivity index (χ2v) is 7.18. The second kappa shape index (κ2) is 7.58. The van der Waals surface area contributed by atoms with Crippen LogP contribution in [0.3, 0.4) is 0 Å². The highest BCUT2D eigenvalue weighted by molar-refractivity contribution is 6.06. The van der Waals surface area contributed by atoms with Gasteiger partial charge in [0.1, 0.15) is 5.82 Å². The molecule has 0 atom stereocenters. The molecule has 1 aliphatic carbocycles. The van der Waals surface area contributed by atoms with Gasteiger partial charge in [-0.3, -0.25) is 23.7 Å². The van der Waals surface area contributed by atoms with E-state index in [-0.39, 0.29) is 5.82 Å². The predicted octanol–water partition coefficient (Wildman–Crippen LogP) is 0.916. The number of pyridine rings is 1. The molecule has 9 heteroatoms. The third kappa shape index (κ3) is 3.38. The lowest BCUT2D eigenvalue weighted by atomic mass is 10.0. The first-order valence-corrected chi connectivity index (χ1v) is 9.51. The van der Waals surface area contributed by atoms with Crippen LogP contribution in [0.1, 0.15) is 28.0 Å². The van der Waals surface area contributed by atoms with Crippen molar-refractivity contribution in [2.45, 2.75) is 19.3 Å². The van der Waals surface area contributed by atoms with Crippen LogP contribution in [0.25, 0.3) is 10.9 Å². The van der Waals surface area contributed by atoms with E-state index < -0.39 is 29.7 Å². The standard InChI is InChI=1S/C21H20N4O5/c1-24-16(10-18(27)25(2)21(24)29)23-17(26)11-30-20(28)19-12-6-3-4-8-14(12)22-15-9-5-7-13(15)19/h3-4,6,8,10H,5,7,9,11H2,1-2H3,(H,23,26). The average Bonchev–Trinajstić information content (AvgIpc) is 3.20. The molecule has 1 amide bonds. The zero-order valence-electron chi connectivity index (χ0n) is 16.6. The Morgan fingerprint density at radius 3 is 2.70 bits per heavy atom. The van der Waals surface area contributed by atoms with E-state index in [1.165, 1.54) is 14.1 Å². The van der Waals surface area contributed by atoms with Crippen molar-refractivity contribution in [1.29, 1.82) is 0 Å². The molecule has 0 bridgehead atoms. The summed E-state index contributed by atoms with van der Waals surface area (Å²) in [7, 11) is 2.77. The maximum Gasteiger partial charge on any atom is 0.339 e. The highest BCUT2D eigenvalue weighted by atomic mass is 16.5. The first-order chi connectivity index (χ1) is 14.4. The van der Waals surface area contributed by atoms with Crippen LogP contribution in [0.15, 0.2) is 39.9 Å². The summed E-state index contributed by atoms with van der Waals surface area (Å²) >= 11 is 0. The summed E-state index contributed by atoms with van der Waals surface area (Å²) in [4.78, 5) is 53.5. The van der Waals surface area contributed by atoms with Crippen LogP contribution in [-0.4, -0.2) is 32.6 Å². The lowest BCUT2D eigenvalue weighted by molar-refractivity contribution is -0.119. The normalized spacial score (nSPS) is 12.6. The van der Waals surface area contributed by atoms with Crippen molar-refractivity contribution in [2.24, 2.45) is 14.1 Å². The molecule has 2 aromatic heterocycles. The number of aromatic nitrogens is 3. The zero-order valence-corrected chi connectivity index (χ0v) is 16.6. The molecule has 0 saturated carbocycles. The van der Waals surface area contributed by atoms with Gasteiger partial charge in [-0.25, -0.2) is 9.59 Å². The number of fused-ring (bicyclic) bond motifs is 2. The van der Waals surface area contributed by atoms with Crippen molar-refractivity contribution in [3.8, 4) is 0 Å². The number of carbonyl (C=O) groups is 2. The van der Waals surface area contributed by atoms with Crippen molar-refractivity contribution < 1.29 is 14.3 Å². The van der Waals surface area contributed by atoms with Crippen LogP contribution in [0, 0.1) is 0 Å². The zero-order chi connectivity index (χ0) is 21.4. The lowest BCUT2D eigenvalue weighted by Crippen LogP contribution is -2.38. The molecule has 4 rings (SSSR count). The van der Waals surface area contributed by atoms with Crippen LogP contribution >= 0.6 is 0 Å². The van der Waals surface area contributed by atoms with Crippen molar-refractivity contribution >= 4 is 28.6 Å². The Labute approximate surface area is 170 Å². The quantitative estimate of drug-likeness (QED) is 0.643. The van der Waals surface area contributed by atoms with Gasteiger partial charge in [-0.1, -0.05) is 18.2 Å². The number of anilines is 1. The van der Waals surface area contributed by atoms with Gasteiger partial charge < -0.3 is 10.1 Å². The predicted molar refractivity (Wildman–Crippen MR) is 110 cm³/mol. The van der Waals surface area contributed by atoms with E-state index in [4.69, 9.17) is 4.74 Å². The van der Waals surface area contributed by atoms with Crippen molar-refractivity contribution in [2.75, 3.05) is 11.9 Å². The molecule has 1 N–H and O–H groups in total. The second-order valence-electron chi connectivity index (χ2n) is 7.18. The fourth-order valence-corrected chi connectivity index (χ4v) is 3.68. The largest absolute Gasteiger partial charge is 0.452 e. The number of rotatable bonds is 4. The molecule has 0 radical (unpaired) electrons. The summed E-state index contributed by atoms with van der Waals surface area (Å²) < 4.78 is 7.32. The summed E-state index contributed by atoms with van der Waals surface area (Å²) in [5, 5.41) is 3.13. The van der Waals surface area contributed by atoms with Gasteiger partial charge in [0.25, 0.3) is 11.5 Å². The molecule has 154 valence electrons. The molecule has 0 spiro atoms. The highest BCUT2D eigenvalue weighted by Crippen LogP contribution is 2.30. The van der Waals surface area contributed by atoms with Gasteiger partial charge in [0, 0.05) is 31.2 Å². The minimum atomic E-state index is -0.651. The summed E-state index contributed by atoms with van der Waals surface area (Å²) in [5.41, 5.74) is 1.79. The molecule has 9 nitrogen and oxygen atoms in total. The van der Waals surface area contributed by atoms with Crippen LogP contribution in [0.2, 0.25) is 0 Å². The maximum atomic E-state index is 12.9. The van der Waals surface area contributed by atoms with E-state index in [1.54, 1.807) is 0 Å². The van der Waals surface area contributed by atoms with Crippen molar-refractivity contribution in [3.05, 3.63) is 68.0 Å². The Morgan fingerprint density at radius 2 is 1.90 bits per heavy atom. The maximum absolute atomic E-state index is 12.9. The van der Waals surface area contributed by atoms with Gasteiger partial charge in [0.15, 0.2) is 6.61 Å². The molecular weight excluding hydrogens is 388 g/mol. The number of aryl methyl sites for hydroxylation is 1. The van der Waals surface area contributed by atoms with Crippen molar-refractivity contribution in [1.82, 2.24) is 14.1 Å². The number of ether oxygens (including phenoxy) is 1. The number of nitrogens with one attached hydrogen (secondary N) is 1. The Bertz CT molecular complexity index is 1310. The van der Waals surface area contributed by atoms with Gasteiger partial charge in [0.05, 0.1) is 11.1 Å². The molecule has 0 fully saturated rings.